The van der Waals surface area contributed by atoms with Crippen molar-refractivity contribution in [3.05, 3.63) is 65.2 Å². The quantitative estimate of drug-likeness (QED) is 0.314. The average Bonchev–Trinajstić information content (AvgIpc) is 3.26. The van der Waals surface area contributed by atoms with Gasteiger partial charge in [0.15, 0.2) is 5.13 Å². The maximum atomic E-state index is 13.9. The van der Waals surface area contributed by atoms with Crippen LogP contribution in [-0.2, 0) is 0 Å². The van der Waals surface area contributed by atoms with E-state index < -0.39 is 0 Å². The van der Waals surface area contributed by atoms with Gasteiger partial charge in [-0.2, -0.15) is 0 Å². The predicted molar refractivity (Wildman–Crippen MR) is 135 cm³/mol. The maximum Gasteiger partial charge on any atom is 0.263 e. The average molecular weight is 468 g/mol. The van der Waals surface area contributed by atoms with Crippen LogP contribution in [0.1, 0.15) is 24.2 Å². The smallest absolute Gasteiger partial charge is 0.263 e. The third kappa shape index (κ3) is 4.44. The zero-order valence-corrected chi connectivity index (χ0v) is 20.0. The lowest BCUT2D eigenvalue weighted by atomic mass is 10.0. The molecular weight excluding hydrogens is 442 g/mol. The molecule has 3 aromatic carbocycles. The Hall–Kier alpha value is -2.67. The van der Waals surface area contributed by atoms with Crippen LogP contribution in [0.3, 0.4) is 0 Å². The first-order valence-electron chi connectivity index (χ1n) is 10.7. The van der Waals surface area contributed by atoms with Gasteiger partial charge in [-0.25, -0.2) is 4.98 Å². The van der Waals surface area contributed by atoms with Crippen molar-refractivity contribution in [2.75, 3.05) is 38.2 Å². The summed E-state index contributed by atoms with van der Waals surface area (Å²) in [6.07, 6.45) is 0. The molecule has 5 nitrogen and oxygen atoms in total. The molecule has 1 heterocycles. The zero-order chi connectivity index (χ0) is 22.7. The number of nitrogens with zero attached hydrogens (tertiary/aromatic N) is 3. The lowest BCUT2D eigenvalue weighted by Crippen LogP contribution is -2.39. The number of anilines is 1. The van der Waals surface area contributed by atoms with Crippen LogP contribution < -0.4 is 9.64 Å². The summed E-state index contributed by atoms with van der Waals surface area (Å²) >= 11 is 7.85. The standard InChI is InChI=1S/C25H26ClN3O2S/c1-4-28(5-2)13-14-29(25-27-23-20(26)11-8-12-22(23)32-25)24(30)19-15-17-9-6-7-10-18(17)16-21(19)31-3/h6-12,15-16H,4-5,13-14H2,1-3H3. The number of hydrogen-bond acceptors (Lipinski definition) is 5. The number of carbonyl (C=O) groups is 1. The summed E-state index contributed by atoms with van der Waals surface area (Å²) in [5.74, 6) is 0.427. The highest BCUT2D eigenvalue weighted by molar-refractivity contribution is 7.22. The number of likely N-dealkylation sites (N-methyl/N-ethyl adjacent to an activating group) is 1. The summed E-state index contributed by atoms with van der Waals surface area (Å²) in [5, 5.41) is 3.25. The monoisotopic (exact) mass is 467 g/mol. The van der Waals surface area contributed by atoms with Gasteiger partial charge in [-0.1, -0.05) is 67.1 Å². The second kappa shape index (κ2) is 9.86. The number of aromatic nitrogens is 1. The molecule has 7 heteroatoms. The van der Waals surface area contributed by atoms with E-state index in [4.69, 9.17) is 21.3 Å². The summed E-state index contributed by atoms with van der Waals surface area (Å²) in [5.41, 5.74) is 1.25. The molecule has 0 fully saturated rings. The molecule has 0 aliphatic carbocycles. The number of thiazole rings is 1. The van der Waals surface area contributed by atoms with Crippen molar-refractivity contribution < 1.29 is 9.53 Å². The van der Waals surface area contributed by atoms with E-state index in [1.807, 2.05) is 54.6 Å². The predicted octanol–water partition coefficient (Wildman–Crippen LogP) is 6.10. The van der Waals surface area contributed by atoms with Crippen molar-refractivity contribution >= 4 is 55.0 Å². The molecule has 1 aromatic heterocycles. The van der Waals surface area contributed by atoms with E-state index in [1.165, 1.54) is 11.3 Å². The molecule has 0 saturated carbocycles. The molecule has 166 valence electrons. The normalized spacial score (nSPS) is 11.4. The van der Waals surface area contributed by atoms with Crippen molar-refractivity contribution in [3.63, 3.8) is 0 Å². The van der Waals surface area contributed by atoms with Gasteiger partial charge in [0, 0.05) is 13.1 Å². The number of carbonyl (C=O) groups excluding carboxylic acids is 1. The maximum absolute atomic E-state index is 13.9. The number of halogens is 1. The van der Waals surface area contributed by atoms with Gasteiger partial charge in [0.2, 0.25) is 0 Å². The number of para-hydroxylation sites is 1. The molecule has 0 aliphatic heterocycles. The van der Waals surface area contributed by atoms with E-state index in [-0.39, 0.29) is 5.91 Å². The first-order valence-corrected chi connectivity index (χ1v) is 11.9. The summed E-state index contributed by atoms with van der Waals surface area (Å²) in [4.78, 5) is 22.7. The minimum atomic E-state index is -0.130. The van der Waals surface area contributed by atoms with E-state index in [2.05, 4.69) is 18.7 Å². The second-order valence-electron chi connectivity index (χ2n) is 7.47. The first kappa shape index (κ1) is 22.5. The highest BCUT2D eigenvalue weighted by Gasteiger charge is 2.25. The van der Waals surface area contributed by atoms with E-state index in [1.54, 1.807) is 12.0 Å². The molecule has 4 rings (SSSR count). The molecule has 0 N–H and O–H groups in total. The Morgan fingerprint density at radius 1 is 1.03 bits per heavy atom. The molecular formula is C25H26ClN3O2S. The second-order valence-corrected chi connectivity index (χ2v) is 8.88. The Morgan fingerprint density at radius 3 is 2.41 bits per heavy atom. The fourth-order valence-corrected chi connectivity index (χ4v) is 5.07. The number of fused-ring (bicyclic) bond motifs is 2. The van der Waals surface area contributed by atoms with Crippen molar-refractivity contribution in [2.24, 2.45) is 0 Å². The van der Waals surface area contributed by atoms with Crippen molar-refractivity contribution in [3.8, 4) is 5.75 Å². The van der Waals surface area contributed by atoms with E-state index in [0.29, 0.717) is 28.0 Å². The van der Waals surface area contributed by atoms with Gasteiger partial charge in [-0.05, 0) is 48.1 Å². The number of ether oxygens (including phenoxy) is 1. The third-order valence-electron chi connectivity index (χ3n) is 5.67. The minimum Gasteiger partial charge on any atom is -0.496 e. The van der Waals surface area contributed by atoms with Gasteiger partial charge < -0.3 is 9.64 Å². The highest BCUT2D eigenvalue weighted by atomic mass is 35.5. The van der Waals surface area contributed by atoms with Gasteiger partial charge in [0.25, 0.3) is 5.91 Å². The van der Waals surface area contributed by atoms with Gasteiger partial charge in [-0.3, -0.25) is 9.69 Å². The van der Waals surface area contributed by atoms with Crippen LogP contribution in [0, 0.1) is 0 Å². The molecule has 0 aliphatic rings. The Balaban J connectivity index is 1.79. The van der Waals surface area contributed by atoms with Crippen LogP contribution in [0.15, 0.2) is 54.6 Å². The van der Waals surface area contributed by atoms with Crippen molar-refractivity contribution in [1.82, 2.24) is 9.88 Å². The van der Waals surface area contributed by atoms with Gasteiger partial charge in [-0.15, -0.1) is 0 Å². The summed E-state index contributed by atoms with van der Waals surface area (Å²) in [7, 11) is 1.60. The van der Waals surface area contributed by atoms with Crippen molar-refractivity contribution in [2.45, 2.75) is 13.8 Å². The van der Waals surface area contributed by atoms with Gasteiger partial charge in [0.1, 0.15) is 11.3 Å². The highest BCUT2D eigenvalue weighted by Crippen LogP contribution is 2.35. The van der Waals surface area contributed by atoms with E-state index in [9.17, 15) is 4.79 Å². The Labute approximate surface area is 197 Å². The number of rotatable bonds is 8. The summed E-state index contributed by atoms with van der Waals surface area (Å²) in [6.45, 7) is 7.36. The van der Waals surface area contributed by atoms with Crippen LogP contribution in [0.4, 0.5) is 5.13 Å². The third-order valence-corrected chi connectivity index (χ3v) is 7.02. The molecule has 0 saturated heterocycles. The molecule has 0 unspecified atom stereocenters. The molecule has 1 amide bonds. The van der Waals surface area contributed by atoms with Gasteiger partial charge >= 0.3 is 0 Å². The molecule has 4 aromatic rings. The molecule has 0 atom stereocenters. The zero-order valence-electron chi connectivity index (χ0n) is 18.5. The van der Waals surface area contributed by atoms with Crippen LogP contribution in [-0.4, -0.2) is 49.1 Å². The van der Waals surface area contributed by atoms with Crippen LogP contribution in [0.25, 0.3) is 21.0 Å². The van der Waals surface area contributed by atoms with Crippen molar-refractivity contribution in [1.29, 1.82) is 0 Å². The van der Waals surface area contributed by atoms with E-state index in [0.717, 1.165) is 40.6 Å². The first-order chi connectivity index (χ1) is 15.5. The fraction of sp³-hybridized carbons (Fsp3) is 0.280. The molecule has 0 radical (unpaired) electrons. The number of benzene rings is 3. The Morgan fingerprint density at radius 2 is 1.75 bits per heavy atom. The molecule has 32 heavy (non-hydrogen) atoms. The lowest BCUT2D eigenvalue weighted by Gasteiger charge is -2.25. The lowest BCUT2D eigenvalue weighted by molar-refractivity contribution is 0.0981. The van der Waals surface area contributed by atoms with Gasteiger partial charge in [0.05, 0.1) is 22.4 Å². The van der Waals surface area contributed by atoms with Crippen LogP contribution in [0.5, 0.6) is 5.75 Å². The number of methoxy groups -OCH3 is 1. The Bertz CT molecular complexity index is 1250. The topological polar surface area (TPSA) is 45.7 Å². The fourth-order valence-electron chi connectivity index (χ4n) is 3.78. The Kier molecular flexibility index (Phi) is 6.94. The summed E-state index contributed by atoms with van der Waals surface area (Å²) in [6, 6.07) is 17.5. The number of amides is 1. The molecule has 0 spiro atoms. The largest absolute Gasteiger partial charge is 0.496 e. The SMILES string of the molecule is CCN(CC)CCN(C(=O)c1cc2ccccc2cc1OC)c1nc2c(Cl)cccc2s1. The van der Waals surface area contributed by atoms with Crippen LogP contribution >= 0.6 is 22.9 Å². The van der Waals surface area contributed by atoms with Crippen LogP contribution in [0.2, 0.25) is 5.02 Å². The summed E-state index contributed by atoms with van der Waals surface area (Å²) < 4.78 is 6.57. The van der Waals surface area contributed by atoms with E-state index >= 15 is 0 Å². The number of hydrogen-bond donors (Lipinski definition) is 0. The minimum absolute atomic E-state index is 0.130. The molecule has 0 bridgehead atoms.